The van der Waals surface area contributed by atoms with Crippen molar-refractivity contribution < 1.29 is 14.2 Å². The van der Waals surface area contributed by atoms with E-state index in [-0.39, 0.29) is 5.60 Å². The van der Waals surface area contributed by atoms with Gasteiger partial charge < -0.3 is 9.63 Å². The third-order valence-electron chi connectivity index (χ3n) is 2.91. The number of nitrogens with zero attached hydrogens (tertiary/aromatic N) is 1. The van der Waals surface area contributed by atoms with E-state index in [1.807, 2.05) is 37.3 Å². The Bertz CT molecular complexity index is 525. The number of benzene rings is 1. The third kappa shape index (κ3) is 4.00. The van der Waals surface area contributed by atoms with Gasteiger partial charge in [-0.25, -0.2) is 0 Å². The topological polar surface area (TPSA) is 53.9 Å². The van der Waals surface area contributed by atoms with Crippen molar-refractivity contribution in [1.82, 2.24) is 0 Å². The molecule has 0 radical (unpaired) electrons. The van der Waals surface area contributed by atoms with Crippen LogP contribution in [0.4, 0.5) is 0 Å². The summed E-state index contributed by atoms with van der Waals surface area (Å²) in [7, 11) is -0.434. The maximum absolute atomic E-state index is 11.8. The van der Waals surface area contributed by atoms with Gasteiger partial charge in [-0.05, 0) is 29.9 Å². The van der Waals surface area contributed by atoms with Crippen LogP contribution in [-0.4, -0.2) is 12.7 Å². The van der Waals surface area contributed by atoms with Crippen molar-refractivity contribution in [2.75, 3.05) is 7.11 Å². The van der Waals surface area contributed by atoms with Crippen LogP contribution < -0.4 is 9.42 Å². The molecule has 1 aromatic rings. The second-order valence-electron chi connectivity index (χ2n) is 4.43. The molecular formula is C14H16NO3P. The summed E-state index contributed by atoms with van der Waals surface area (Å²) in [4.78, 5) is 11.8. The summed E-state index contributed by atoms with van der Waals surface area (Å²) in [6.07, 6.45) is 6.31. The molecule has 0 heterocycles. The van der Waals surface area contributed by atoms with E-state index >= 15 is 0 Å². The number of hydrogen-bond acceptors (Lipinski definition) is 4. The summed E-state index contributed by atoms with van der Waals surface area (Å²) < 4.78 is 14.6. The Morgan fingerprint density at radius 3 is 2.63 bits per heavy atom. The molecule has 5 heteroatoms. The van der Waals surface area contributed by atoms with E-state index in [2.05, 4.69) is 4.74 Å². The SMILES string of the molecule is COC1(C)C=CC(/N=[P+](\[O-])Oc2ccccc2)=CC1. The standard InChI is InChI=1S/C14H16NO3P/c1-14(17-2)10-8-12(9-11-14)15-19(16)18-13-6-4-3-5-7-13/h3-10H,11H2,1-2H3. The smallest absolute Gasteiger partial charge is 0.399 e. The average Bonchev–Trinajstić information content (AvgIpc) is 2.43. The molecule has 0 aliphatic heterocycles. The van der Waals surface area contributed by atoms with Gasteiger partial charge in [0.05, 0.1) is 5.60 Å². The van der Waals surface area contributed by atoms with E-state index in [0.29, 0.717) is 17.9 Å². The maximum atomic E-state index is 11.8. The van der Waals surface area contributed by atoms with Crippen LogP contribution in [0, 0.1) is 0 Å². The summed E-state index contributed by atoms with van der Waals surface area (Å²) >= 11 is 0. The minimum atomic E-state index is -2.10. The molecule has 0 bridgehead atoms. The first-order chi connectivity index (χ1) is 9.11. The molecular weight excluding hydrogens is 261 g/mol. The predicted octanol–water partition coefficient (Wildman–Crippen LogP) is 3.17. The van der Waals surface area contributed by atoms with Crippen molar-refractivity contribution >= 4 is 8.17 Å². The molecule has 19 heavy (non-hydrogen) atoms. The van der Waals surface area contributed by atoms with Gasteiger partial charge in [-0.1, -0.05) is 30.4 Å². The number of para-hydroxylation sites is 1. The Balaban J connectivity index is 2.01. The van der Waals surface area contributed by atoms with E-state index < -0.39 is 8.17 Å². The molecule has 0 amide bonds. The highest BCUT2D eigenvalue weighted by Gasteiger charge is 2.22. The first kappa shape index (κ1) is 13.9. The van der Waals surface area contributed by atoms with Crippen molar-refractivity contribution in [1.29, 1.82) is 0 Å². The van der Waals surface area contributed by atoms with E-state index in [9.17, 15) is 4.89 Å². The quantitative estimate of drug-likeness (QED) is 0.794. The molecule has 0 fully saturated rings. The van der Waals surface area contributed by atoms with Crippen LogP contribution in [0.15, 0.2) is 59.0 Å². The highest BCUT2D eigenvalue weighted by Crippen LogP contribution is 2.29. The predicted molar refractivity (Wildman–Crippen MR) is 73.7 cm³/mol. The normalized spacial score (nSPS) is 23.1. The molecule has 0 saturated carbocycles. The lowest BCUT2D eigenvalue weighted by atomic mass is 9.96. The van der Waals surface area contributed by atoms with Crippen LogP contribution in [0.2, 0.25) is 0 Å². The molecule has 1 aromatic carbocycles. The summed E-state index contributed by atoms with van der Waals surface area (Å²) in [5, 5.41) is 0. The molecule has 0 saturated heterocycles. The molecule has 0 spiro atoms. The van der Waals surface area contributed by atoms with Gasteiger partial charge in [-0.15, -0.1) is 0 Å². The zero-order valence-electron chi connectivity index (χ0n) is 10.9. The van der Waals surface area contributed by atoms with Crippen molar-refractivity contribution in [3.8, 4) is 5.75 Å². The Labute approximate surface area is 114 Å². The fraction of sp³-hybridized carbons (Fsp3) is 0.286. The monoisotopic (exact) mass is 277 g/mol. The van der Waals surface area contributed by atoms with E-state index in [0.717, 1.165) is 0 Å². The van der Waals surface area contributed by atoms with Crippen molar-refractivity contribution in [3.05, 3.63) is 54.3 Å². The number of hydrogen-bond donors (Lipinski definition) is 0. The number of methoxy groups -OCH3 is 1. The van der Waals surface area contributed by atoms with Gasteiger partial charge in [0.15, 0.2) is 5.75 Å². The second kappa shape index (κ2) is 6.11. The van der Waals surface area contributed by atoms with Gasteiger partial charge in [0.2, 0.25) is 0 Å². The van der Waals surface area contributed by atoms with E-state index in [4.69, 9.17) is 9.26 Å². The Morgan fingerprint density at radius 2 is 2.05 bits per heavy atom. The summed E-state index contributed by atoms with van der Waals surface area (Å²) in [6, 6.07) is 9.01. The molecule has 1 aliphatic rings. The molecule has 0 N–H and O–H groups in total. The van der Waals surface area contributed by atoms with Crippen LogP contribution in [-0.2, 0) is 4.74 Å². The summed E-state index contributed by atoms with van der Waals surface area (Å²) in [6.45, 7) is 1.98. The van der Waals surface area contributed by atoms with Crippen LogP contribution in [0.3, 0.4) is 0 Å². The van der Waals surface area contributed by atoms with Crippen LogP contribution in [0.1, 0.15) is 13.3 Å². The highest BCUT2D eigenvalue weighted by atomic mass is 31.1. The van der Waals surface area contributed by atoms with Gasteiger partial charge in [0.25, 0.3) is 0 Å². The average molecular weight is 277 g/mol. The van der Waals surface area contributed by atoms with Crippen molar-refractivity contribution in [2.24, 2.45) is 4.74 Å². The summed E-state index contributed by atoms with van der Waals surface area (Å²) in [5.41, 5.74) is 0.358. The largest absolute Gasteiger partial charge is 0.575 e. The Kier molecular flexibility index (Phi) is 4.48. The Hall–Kier alpha value is -1.48. The minimum Gasteiger partial charge on any atom is -0.575 e. The molecule has 2 rings (SSSR count). The van der Waals surface area contributed by atoms with Crippen molar-refractivity contribution in [2.45, 2.75) is 18.9 Å². The van der Waals surface area contributed by atoms with Gasteiger partial charge in [0.1, 0.15) is 5.70 Å². The maximum Gasteiger partial charge on any atom is 0.399 e. The van der Waals surface area contributed by atoms with E-state index in [1.54, 1.807) is 25.3 Å². The lowest BCUT2D eigenvalue weighted by molar-refractivity contribution is -0.168. The van der Waals surface area contributed by atoms with Crippen LogP contribution in [0.5, 0.6) is 5.75 Å². The van der Waals surface area contributed by atoms with Gasteiger partial charge in [-0.3, -0.25) is 4.52 Å². The molecule has 0 aromatic heterocycles. The zero-order chi connectivity index (χ0) is 13.7. The number of allylic oxidation sites excluding steroid dienone is 1. The second-order valence-corrected chi connectivity index (χ2v) is 5.28. The summed E-state index contributed by atoms with van der Waals surface area (Å²) in [5.74, 6) is 0.550. The third-order valence-corrected chi connectivity index (χ3v) is 3.67. The minimum absolute atomic E-state index is 0.301. The lowest BCUT2D eigenvalue weighted by Crippen LogP contribution is -2.24. The van der Waals surface area contributed by atoms with Crippen LogP contribution >= 0.6 is 8.17 Å². The molecule has 2 atom stereocenters. The van der Waals surface area contributed by atoms with Crippen LogP contribution in [0.25, 0.3) is 0 Å². The molecule has 2 unspecified atom stereocenters. The van der Waals surface area contributed by atoms with Gasteiger partial charge in [0, 0.05) is 13.5 Å². The fourth-order valence-corrected chi connectivity index (χ4v) is 2.30. The van der Waals surface area contributed by atoms with Gasteiger partial charge in [-0.2, -0.15) is 0 Å². The molecule has 4 nitrogen and oxygen atoms in total. The zero-order valence-corrected chi connectivity index (χ0v) is 11.8. The van der Waals surface area contributed by atoms with E-state index in [1.165, 1.54) is 0 Å². The number of rotatable bonds is 4. The molecule has 1 aliphatic carbocycles. The Morgan fingerprint density at radius 1 is 1.32 bits per heavy atom. The highest BCUT2D eigenvalue weighted by molar-refractivity contribution is 7.34. The first-order valence-corrected chi connectivity index (χ1v) is 7.11. The lowest BCUT2D eigenvalue weighted by Gasteiger charge is -2.24. The molecule has 100 valence electrons. The fourth-order valence-electron chi connectivity index (χ4n) is 1.62. The van der Waals surface area contributed by atoms with Crippen molar-refractivity contribution in [3.63, 3.8) is 0 Å². The number of ether oxygens (including phenoxy) is 1. The first-order valence-electron chi connectivity index (χ1n) is 5.98. The van der Waals surface area contributed by atoms with Gasteiger partial charge >= 0.3 is 8.17 Å².